The molecule has 0 bridgehead atoms. The van der Waals surface area contributed by atoms with E-state index in [0.717, 1.165) is 0 Å². The number of carboxylic acids is 1. The Morgan fingerprint density at radius 1 is 1.48 bits per heavy atom. The fourth-order valence-corrected chi connectivity index (χ4v) is 1.72. The minimum absolute atomic E-state index is 0.108. The monoisotopic (exact) mass is 292 g/mol. The second kappa shape index (κ2) is 7.18. The highest BCUT2D eigenvalue weighted by atomic mass is 16.6. The lowest BCUT2D eigenvalue weighted by Crippen LogP contribution is -2.40. The Balaban J connectivity index is 3.04. The lowest BCUT2D eigenvalue weighted by atomic mass is 10.1. The summed E-state index contributed by atoms with van der Waals surface area (Å²) in [5.74, 6) is -1.97. The van der Waals surface area contributed by atoms with Crippen molar-refractivity contribution in [3.63, 3.8) is 0 Å². The van der Waals surface area contributed by atoms with Crippen molar-refractivity contribution in [2.45, 2.75) is 26.3 Å². The second-order valence-corrected chi connectivity index (χ2v) is 4.45. The topological polar surface area (TPSA) is 110 Å². The summed E-state index contributed by atoms with van der Waals surface area (Å²) in [5, 5.41) is 22.3. The van der Waals surface area contributed by atoms with Crippen LogP contribution in [0.25, 0.3) is 0 Å². The maximum absolute atomic E-state index is 12.1. The molecule has 0 aliphatic carbocycles. The minimum atomic E-state index is -1.20. The van der Waals surface area contributed by atoms with Crippen molar-refractivity contribution in [3.05, 3.63) is 51.6 Å². The van der Waals surface area contributed by atoms with Gasteiger partial charge in [0.05, 0.1) is 4.92 Å². The van der Waals surface area contributed by atoms with Crippen molar-refractivity contribution >= 4 is 17.6 Å². The zero-order chi connectivity index (χ0) is 16.0. The first-order chi connectivity index (χ1) is 9.86. The number of aryl methyl sites for hydroxylation is 1. The quantitative estimate of drug-likeness (QED) is 0.473. The molecule has 1 aromatic rings. The molecule has 1 atom stereocenters. The number of nitrogens with one attached hydrogen (secondary N) is 1. The van der Waals surface area contributed by atoms with Gasteiger partial charge in [0.1, 0.15) is 11.6 Å². The summed E-state index contributed by atoms with van der Waals surface area (Å²) in [6, 6.07) is 2.98. The van der Waals surface area contributed by atoms with Crippen LogP contribution in [0.15, 0.2) is 30.4 Å². The van der Waals surface area contributed by atoms with Crippen LogP contribution in [-0.2, 0) is 4.79 Å². The average molecular weight is 292 g/mol. The summed E-state index contributed by atoms with van der Waals surface area (Å²) in [6.45, 7) is 3.42. The van der Waals surface area contributed by atoms with Crippen LogP contribution in [-0.4, -0.2) is 27.9 Å². The molecule has 7 nitrogen and oxygen atoms in total. The first kappa shape index (κ1) is 16.4. The molecule has 7 heteroatoms. The summed E-state index contributed by atoms with van der Waals surface area (Å²) in [7, 11) is 0. The number of allylic oxidation sites excluding steroid dienone is 1. The molecule has 1 aromatic carbocycles. The number of carbonyl (C=O) groups excluding carboxylic acids is 1. The van der Waals surface area contributed by atoms with Gasteiger partial charge < -0.3 is 10.4 Å². The summed E-state index contributed by atoms with van der Waals surface area (Å²) in [4.78, 5) is 33.4. The van der Waals surface area contributed by atoms with Gasteiger partial charge in [0.2, 0.25) is 0 Å². The molecule has 0 aliphatic rings. The first-order valence-corrected chi connectivity index (χ1v) is 6.26. The molecule has 0 heterocycles. The summed E-state index contributed by atoms with van der Waals surface area (Å²) < 4.78 is 0. The van der Waals surface area contributed by atoms with E-state index in [4.69, 9.17) is 5.11 Å². The van der Waals surface area contributed by atoms with Crippen molar-refractivity contribution in [1.29, 1.82) is 0 Å². The lowest BCUT2D eigenvalue weighted by molar-refractivity contribution is -0.385. The minimum Gasteiger partial charge on any atom is -0.480 e. The van der Waals surface area contributed by atoms with Crippen LogP contribution in [0.5, 0.6) is 0 Å². The molecule has 0 saturated heterocycles. The van der Waals surface area contributed by atoms with E-state index in [1.165, 1.54) is 18.2 Å². The van der Waals surface area contributed by atoms with Gasteiger partial charge in [0.25, 0.3) is 11.6 Å². The van der Waals surface area contributed by atoms with E-state index in [0.29, 0.717) is 5.56 Å². The van der Waals surface area contributed by atoms with E-state index in [1.54, 1.807) is 26.0 Å². The fraction of sp³-hybridized carbons (Fsp3) is 0.286. The molecule has 1 amide bonds. The third-order valence-electron chi connectivity index (χ3n) is 2.80. The first-order valence-electron chi connectivity index (χ1n) is 6.26. The Hall–Kier alpha value is -2.70. The molecule has 0 aliphatic heterocycles. The predicted octanol–water partition coefficient (Wildman–Crippen LogP) is 2.05. The average Bonchev–Trinajstić information content (AvgIpc) is 2.42. The van der Waals surface area contributed by atoms with Crippen LogP contribution >= 0.6 is 0 Å². The third-order valence-corrected chi connectivity index (χ3v) is 2.80. The number of carbonyl (C=O) groups is 2. The van der Waals surface area contributed by atoms with Crippen LogP contribution in [0, 0.1) is 17.0 Å². The molecule has 0 aromatic heterocycles. The van der Waals surface area contributed by atoms with Crippen LogP contribution in [0.2, 0.25) is 0 Å². The molecule has 0 spiro atoms. The third kappa shape index (κ3) is 4.41. The number of nitro benzene ring substituents is 1. The number of nitrogens with zero attached hydrogens (tertiary/aromatic N) is 1. The van der Waals surface area contributed by atoms with Gasteiger partial charge in [-0.3, -0.25) is 14.9 Å². The fourth-order valence-electron chi connectivity index (χ4n) is 1.72. The molecular weight excluding hydrogens is 276 g/mol. The second-order valence-electron chi connectivity index (χ2n) is 4.45. The standard InChI is InChI=1S/C14H16N2O5/c1-3-4-5-11(14(18)19)15-13(17)10-8-9(2)6-7-12(10)16(20)21/h3-4,6-8,11H,5H2,1-2H3,(H,15,17)(H,18,19)/b4-3+. The number of hydrogen-bond donors (Lipinski definition) is 2. The van der Waals surface area contributed by atoms with Gasteiger partial charge in [-0.15, -0.1) is 0 Å². The maximum atomic E-state index is 12.1. The Bertz CT molecular complexity index is 595. The Kier molecular flexibility index (Phi) is 5.59. The van der Waals surface area contributed by atoms with Crippen molar-refractivity contribution in [2.75, 3.05) is 0 Å². The van der Waals surface area contributed by atoms with Gasteiger partial charge in [-0.1, -0.05) is 18.2 Å². The molecule has 0 saturated carbocycles. The van der Waals surface area contributed by atoms with Gasteiger partial charge in [-0.05, 0) is 31.9 Å². The van der Waals surface area contributed by atoms with Gasteiger partial charge >= 0.3 is 5.97 Å². The van der Waals surface area contributed by atoms with Crippen LogP contribution in [0.3, 0.4) is 0 Å². The van der Waals surface area contributed by atoms with Gasteiger partial charge in [0.15, 0.2) is 0 Å². The Morgan fingerprint density at radius 3 is 2.67 bits per heavy atom. The highest BCUT2D eigenvalue weighted by Crippen LogP contribution is 2.20. The Labute approximate surface area is 121 Å². The lowest BCUT2D eigenvalue weighted by Gasteiger charge is -2.13. The summed E-state index contributed by atoms with van der Waals surface area (Å²) in [5.41, 5.74) is 0.172. The molecule has 1 rings (SSSR count). The molecule has 2 N–H and O–H groups in total. The van der Waals surface area contributed by atoms with Crippen molar-refractivity contribution < 1.29 is 19.6 Å². The largest absolute Gasteiger partial charge is 0.480 e. The number of amides is 1. The number of benzene rings is 1. The van der Waals surface area contributed by atoms with Gasteiger partial charge in [-0.2, -0.15) is 0 Å². The van der Waals surface area contributed by atoms with Crippen LogP contribution < -0.4 is 5.32 Å². The summed E-state index contributed by atoms with van der Waals surface area (Å²) in [6.07, 6.45) is 3.37. The van der Waals surface area contributed by atoms with Crippen LogP contribution in [0.1, 0.15) is 29.3 Å². The Morgan fingerprint density at radius 2 is 2.14 bits per heavy atom. The number of carboxylic acid groups (broad SMARTS) is 1. The van der Waals surface area contributed by atoms with Gasteiger partial charge in [0, 0.05) is 6.07 Å². The normalized spacial score (nSPS) is 12.1. The van der Waals surface area contributed by atoms with E-state index in [1.807, 2.05) is 0 Å². The highest BCUT2D eigenvalue weighted by Gasteiger charge is 2.24. The highest BCUT2D eigenvalue weighted by molar-refractivity contribution is 6.00. The van der Waals surface area contributed by atoms with Crippen LogP contribution in [0.4, 0.5) is 5.69 Å². The molecule has 0 radical (unpaired) electrons. The summed E-state index contributed by atoms with van der Waals surface area (Å²) >= 11 is 0. The zero-order valence-corrected chi connectivity index (χ0v) is 11.7. The predicted molar refractivity (Wildman–Crippen MR) is 76.2 cm³/mol. The van der Waals surface area contributed by atoms with E-state index in [9.17, 15) is 19.7 Å². The number of hydrogen-bond acceptors (Lipinski definition) is 4. The molecule has 21 heavy (non-hydrogen) atoms. The maximum Gasteiger partial charge on any atom is 0.326 e. The number of rotatable bonds is 6. The number of nitro groups is 1. The molecular formula is C14H16N2O5. The molecule has 0 fully saturated rings. The van der Waals surface area contributed by atoms with E-state index in [-0.39, 0.29) is 17.7 Å². The van der Waals surface area contributed by atoms with Gasteiger partial charge in [-0.25, -0.2) is 4.79 Å². The number of aliphatic carboxylic acids is 1. The van der Waals surface area contributed by atoms with Crippen molar-refractivity contribution in [1.82, 2.24) is 5.32 Å². The van der Waals surface area contributed by atoms with Crippen molar-refractivity contribution in [2.24, 2.45) is 0 Å². The van der Waals surface area contributed by atoms with E-state index >= 15 is 0 Å². The zero-order valence-electron chi connectivity index (χ0n) is 11.7. The molecule has 1 unspecified atom stereocenters. The van der Waals surface area contributed by atoms with E-state index in [2.05, 4.69) is 5.32 Å². The molecule has 112 valence electrons. The SMILES string of the molecule is C/C=C/CC(NC(=O)c1cc(C)ccc1[N+](=O)[O-])C(=O)O. The van der Waals surface area contributed by atoms with E-state index < -0.39 is 22.8 Å². The smallest absolute Gasteiger partial charge is 0.326 e. The van der Waals surface area contributed by atoms with Crippen molar-refractivity contribution in [3.8, 4) is 0 Å².